The van der Waals surface area contributed by atoms with E-state index in [1.807, 2.05) is 0 Å². The van der Waals surface area contributed by atoms with Crippen LogP contribution in [0.15, 0.2) is 35.4 Å². The van der Waals surface area contributed by atoms with Crippen LogP contribution in [-0.4, -0.2) is 40.2 Å². The lowest BCUT2D eigenvalue weighted by molar-refractivity contribution is -0.123. The van der Waals surface area contributed by atoms with Crippen LogP contribution in [0.25, 0.3) is 10.9 Å². The van der Waals surface area contributed by atoms with Gasteiger partial charge >= 0.3 is 6.09 Å². The molecule has 8 nitrogen and oxygen atoms in total. The fraction of sp³-hybridized carbons (Fsp3) is 0.444. The molecular weight excluding hydrogens is 336 g/mol. The average molecular weight is 360 g/mol. The summed E-state index contributed by atoms with van der Waals surface area (Å²) in [6.45, 7) is 7.37. The summed E-state index contributed by atoms with van der Waals surface area (Å²) in [4.78, 5) is 40.5. The monoisotopic (exact) mass is 360 g/mol. The van der Waals surface area contributed by atoms with Crippen LogP contribution in [0.3, 0.4) is 0 Å². The maximum Gasteiger partial charge on any atom is 0.407 e. The number of nitrogens with zero attached hydrogens (tertiary/aromatic N) is 2. The van der Waals surface area contributed by atoms with Gasteiger partial charge in [0.15, 0.2) is 0 Å². The summed E-state index contributed by atoms with van der Waals surface area (Å²) in [5.74, 6) is -0.338. The van der Waals surface area contributed by atoms with Crippen LogP contribution in [-0.2, 0) is 9.53 Å². The van der Waals surface area contributed by atoms with Crippen LogP contribution in [0.1, 0.15) is 33.7 Å². The topological polar surface area (TPSA) is 102 Å². The fourth-order valence-electron chi connectivity index (χ4n) is 2.30. The number of benzene rings is 1. The second-order valence-electron chi connectivity index (χ2n) is 6.87. The molecular formula is C18H24N4O4. The third kappa shape index (κ3) is 5.05. The summed E-state index contributed by atoms with van der Waals surface area (Å²) >= 11 is 0. The zero-order valence-corrected chi connectivity index (χ0v) is 15.4. The van der Waals surface area contributed by atoms with E-state index in [0.29, 0.717) is 10.9 Å². The van der Waals surface area contributed by atoms with Crippen LogP contribution in [0, 0.1) is 0 Å². The highest BCUT2D eigenvalue weighted by molar-refractivity contribution is 5.81. The van der Waals surface area contributed by atoms with Crippen LogP contribution in [0.5, 0.6) is 0 Å². The minimum Gasteiger partial charge on any atom is -0.444 e. The predicted octanol–water partition coefficient (Wildman–Crippen LogP) is 1.60. The summed E-state index contributed by atoms with van der Waals surface area (Å²) in [5, 5.41) is 5.69. The lowest BCUT2D eigenvalue weighted by Gasteiger charge is -2.20. The first kappa shape index (κ1) is 19.4. The number of para-hydroxylation sites is 1. The molecule has 0 aliphatic heterocycles. The van der Waals surface area contributed by atoms with Crippen molar-refractivity contribution in [2.75, 3.05) is 13.1 Å². The van der Waals surface area contributed by atoms with Gasteiger partial charge in [-0.05, 0) is 39.8 Å². The van der Waals surface area contributed by atoms with Crippen molar-refractivity contribution in [3.63, 3.8) is 0 Å². The molecule has 0 radical (unpaired) electrons. The van der Waals surface area contributed by atoms with E-state index in [4.69, 9.17) is 4.74 Å². The molecule has 1 heterocycles. The van der Waals surface area contributed by atoms with E-state index in [0.717, 1.165) is 0 Å². The number of hydrogen-bond acceptors (Lipinski definition) is 5. The maximum atomic E-state index is 12.5. The molecule has 0 aliphatic carbocycles. The van der Waals surface area contributed by atoms with Gasteiger partial charge in [-0.2, -0.15) is 0 Å². The Kier molecular flexibility index (Phi) is 5.97. The lowest BCUT2D eigenvalue weighted by Crippen LogP contribution is -2.41. The second-order valence-corrected chi connectivity index (χ2v) is 6.87. The highest BCUT2D eigenvalue weighted by Crippen LogP contribution is 2.08. The standard InChI is InChI=1S/C18H24N4O4/c1-12(15(23)19-9-10-20-17(25)26-18(2,3)4)22-11-21-14-8-6-5-7-13(14)16(22)24/h5-8,11-12H,9-10H2,1-4H3,(H,19,23)(H,20,25). The van der Waals surface area contributed by atoms with E-state index in [1.165, 1.54) is 10.9 Å². The van der Waals surface area contributed by atoms with E-state index in [1.54, 1.807) is 52.0 Å². The van der Waals surface area contributed by atoms with Crippen LogP contribution < -0.4 is 16.2 Å². The van der Waals surface area contributed by atoms with Gasteiger partial charge in [0.2, 0.25) is 5.91 Å². The van der Waals surface area contributed by atoms with Crippen molar-refractivity contribution in [3.05, 3.63) is 40.9 Å². The zero-order valence-electron chi connectivity index (χ0n) is 15.4. The molecule has 26 heavy (non-hydrogen) atoms. The largest absolute Gasteiger partial charge is 0.444 e. The third-order valence-electron chi connectivity index (χ3n) is 3.58. The smallest absolute Gasteiger partial charge is 0.407 e. The molecule has 0 spiro atoms. The summed E-state index contributed by atoms with van der Waals surface area (Å²) < 4.78 is 6.39. The van der Waals surface area contributed by atoms with Crippen molar-refractivity contribution in [1.29, 1.82) is 0 Å². The highest BCUT2D eigenvalue weighted by atomic mass is 16.6. The van der Waals surface area contributed by atoms with Gasteiger partial charge < -0.3 is 15.4 Å². The predicted molar refractivity (Wildman–Crippen MR) is 98.0 cm³/mol. The minimum absolute atomic E-state index is 0.220. The van der Waals surface area contributed by atoms with Crippen molar-refractivity contribution < 1.29 is 14.3 Å². The number of hydrogen-bond donors (Lipinski definition) is 2. The molecule has 2 rings (SSSR count). The first-order valence-electron chi connectivity index (χ1n) is 8.39. The van der Waals surface area contributed by atoms with Crippen LogP contribution >= 0.6 is 0 Å². The molecule has 1 atom stereocenters. The second kappa shape index (κ2) is 7.99. The summed E-state index contributed by atoms with van der Waals surface area (Å²) in [7, 11) is 0. The summed E-state index contributed by atoms with van der Waals surface area (Å²) in [6.07, 6.45) is 0.822. The average Bonchev–Trinajstić information content (AvgIpc) is 2.57. The quantitative estimate of drug-likeness (QED) is 0.789. The molecule has 1 aromatic heterocycles. The number of rotatable bonds is 5. The minimum atomic E-state index is -0.721. The molecule has 0 aliphatic rings. The molecule has 0 fully saturated rings. The SMILES string of the molecule is CC(C(=O)NCCNC(=O)OC(C)(C)C)n1cnc2ccccc2c1=O. The van der Waals surface area contributed by atoms with E-state index >= 15 is 0 Å². The van der Waals surface area contributed by atoms with E-state index < -0.39 is 17.7 Å². The Morgan fingerprint density at radius 1 is 1.19 bits per heavy atom. The number of ether oxygens (including phenoxy) is 1. The lowest BCUT2D eigenvalue weighted by atomic mass is 10.2. The van der Waals surface area contributed by atoms with Gasteiger partial charge in [0.1, 0.15) is 11.6 Å². The zero-order chi connectivity index (χ0) is 19.3. The number of aromatic nitrogens is 2. The molecule has 1 unspecified atom stereocenters. The Bertz CT molecular complexity index is 854. The highest BCUT2D eigenvalue weighted by Gasteiger charge is 2.18. The number of nitrogens with one attached hydrogen (secondary N) is 2. The van der Waals surface area contributed by atoms with Crippen LogP contribution in [0.4, 0.5) is 4.79 Å². The summed E-state index contributed by atoms with van der Waals surface area (Å²) in [5.41, 5.74) is -0.264. The molecule has 8 heteroatoms. The van der Waals surface area contributed by atoms with Gasteiger partial charge in [-0.25, -0.2) is 9.78 Å². The van der Waals surface area contributed by atoms with Gasteiger partial charge in [-0.1, -0.05) is 12.1 Å². The Labute approximate surface area is 151 Å². The van der Waals surface area contributed by atoms with E-state index in [9.17, 15) is 14.4 Å². The first-order chi connectivity index (χ1) is 12.2. The molecule has 1 aromatic carbocycles. The molecule has 0 bridgehead atoms. The Balaban J connectivity index is 1.91. The van der Waals surface area contributed by atoms with Crippen molar-refractivity contribution >= 4 is 22.9 Å². The number of alkyl carbamates (subject to hydrolysis) is 1. The normalized spacial score (nSPS) is 12.5. The molecule has 140 valence electrons. The number of amides is 2. The van der Waals surface area contributed by atoms with E-state index in [2.05, 4.69) is 15.6 Å². The van der Waals surface area contributed by atoms with E-state index in [-0.39, 0.29) is 24.6 Å². The fourth-order valence-corrected chi connectivity index (χ4v) is 2.30. The van der Waals surface area contributed by atoms with Crippen molar-refractivity contribution in [3.8, 4) is 0 Å². The third-order valence-corrected chi connectivity index (χ3v) is 3.58. The van der Waals surface area contributed by atoms with Gasteiger partial charge in [-0.15, -0.1) is 0 Å². The van der Waals surface area contributed by atoms with Gasteiger partial charge in [0.25, 0.3) is 5.56 Å². The number of carbonyl (C=O) groups excluding carboxylic acids is 2. The molecule has 0 saturated heterocycles. The number of carbonyl (C=O) groups is 2. The Hall–Kier alpha value is -2.90. The molecule has 2 N–H and O–H groups in total. The van der Waals surface area contributed by atoms with Gasteiger partial charge in [0.05, 0.1) is 17.2 Å². The Morgan fingerprint density at radius 2 is 1.85 bits per heavy atom. The van der Waals surface area contributed by atoms with Crippen molar-refractivity contribution in [2.45, 2.75) is 39.3 Å². The molecule has 0 saturated carbocycles. The number of fused-ring (bicyclic) bond motifs is 1. The van der Waals surface area contributed by atoms with Crippen molar-refractivity contribution in [1.82, 2.24) is 20.2 Å². The Morgan fingerprint density at radius 3 is 2.54 bits per heavy atom. The van der Waals surface area contributed by atoms with Gasteiger partial charge in [0, 0.05) is 13.1 Å². The summed E-state index contributed by atoms with van der Waals surface area (Å²) in [6, 6.07) is 6.25. The van der Waals surface area contributed by atoms with Crippen molar-refractivity contribution in [2.24, 2.45) is 0 Å². The molecule has 2 amide bonds. The van der Waals surface area contributed by atoms with Gasteiger partial charge in [-0.3, -0.25) is 14.2 Å². The molecule has 2 aromatic rings. The van der Waals surface area contributed by atoms with Crippen LogP contribution in [0.2, 0.25) is 0 Å². The first-order valence-corrected chi connectivity index (χ1v) is 8.39. The maximum absolute atomic E-state index is 12.5.